The number of likely N-dealkylation sites (tertiary alicyclic amines) is 1. The lowest BCUT2D eigenvalue weighted by Gasteiger charge is -2.38. The maximum atomic E-state index is 12.3. The van der Waals surface area contributed by atoms with Gasteiger partial charge in [-0.15, -0.1) is 11.8 Å². The monoisotopic (exact) mass is 384 g/mol. The average Bonchev–Trinajstić information content (AvgIpc) is 3.27. The number of fused-ring (bicyclic) bond motifs is 1. The third kappa shape index (κ3) is 3.86. The van der Waals surface area contributed by atoms with Crippen LogP contribution in [-0.2, 0) is 11.3 Å². The summed E-state index contributed by atoms with van der Waals surface area (Å²) >= 11 is 1.98. The Kier molecular flexibility index (Phi) is 5.17. The maximum absolute atomic E-state index is 12.3. The standard InChI is InChI=1S/C21H28N4OS/c1-15(2)20(26)24-9-5-18(6-10-24)21-25(13-16(3)27-21)14-17-4-8-23-11-7-22-19(23)12-17/h4,7-8,11-13,15,18,21H,5-6,9-10,14H2,1-3H3. The Morgan fingerprint density at radius 2 is 2.07 bits per heavy atom. The van der Waals surface area contributed by atoms with Gasteiger partial charge in [0, 0.05) is 50.3 Å². The summed E-state index contributed by atoms with van der Waals surface area (Å²) in [5.41, 5.74) is 2.29. The molecule has 1 amide bonds. The number of rotatable bonds is 4. The molecule has 0 radical (unpaired) electrons. The number of aromatic nitrogens is 2. The van der Waals surface area contributed by atoms with Crippen molar-refractivity contribution in [2.24, 2.45) is 11.8 Å². The fourth-order valence-electron chi connectivity index (χ4n) is 4.13. The van der Waals surface area contributed by atoms with Crippen molar-refractivity contribution >= 4 is 23.3 Å². The van der Waals surface area contributed by atoms with Crippen molar-refractivity contribution < 1.29 is 4.79 Å². The Balaban J connectivity index is 1.43. The minimum absolute atomic E-state index is 0.0976. The van der Waals surface area contributed by atoms with E-state index in [0.29, 0.717) is 17.2 Å². The first-order chi connectivity index (χ1) is 13.0. The van der Waals surface area contributed by atoms with Crippen LogP contribution in [0.5, 0.6) is 0 Å². The summed E-state index contributed by atoms with van der Waals surface area (Å²) in [6, 6.07) is 4.36. The molecule has 0 N–H and O–H groups in total. The topological polar surface area (TPSA) is 40.9 Å². The number of hydrogen-bond donors (Lipinski definition) is 0. The molecular weight excluding hydrogens is 356 g/mol. The van der Waals surface area contributed by atoms with E-state index in [-0.39, 0.29) is 5.92 Å². The zero-order valence-electron chi connectivity index (χ0n) is 16.3. The van der Waals surface area contributed by atoms with Gasteiger partial charge in [-0.1, -0.05) is 13.8 Å². The van der Waals surface area contributed by atoms with E-state index in [0.717, 1.165) is 38.1 Å². The Morgan fingerprint density at radius 3 is 2.81 bits per heavy atom. The molecule has 1 fully saturated rings. The maximum Gasteiger partial charge on any atom is 0.225 e. The molecule has 1 atom stereocenters. The molecule has 27 heavy (non-hydrogen) atoms. The first-order valence-electron chi connectivity index (χ1n) is 9.82. The summed E-state index contributed by atoms with van der Waals surface area (Å²) in [6.45, 7) is 8.88. The largest absolute Gasteiger partial charge is 0.360 e. The van der Waals surface area contributed by atoms with Crippen LogP contribution in [0, 0.1) is 11.8 Å². The van der Waals surface area contributed by atoms with Crippen LogP contribution in [0.15, 0.2) is 41.8 Å². The van der Waals surface area contributed by atoms with Crippen molar-refractivity contribution in [2.45, 2.75) is 45.5 Å². The molecule has 6 heteroatoms. The summed E-state index contributed by atoms with van der Waals surface area (Å²) in [6.07, 6.45) is 10.4. The van der Waals surface area contributed by atoms with E-state index >= 15 is 0 Å². The minimum atomic E-state index is 0.0976. The minimum Gasteiger partial charge on any atom is -0.360 e. The summed E-state index contributed by atoms with van der Waals surface area (Å²) < 4.78 is 2.04. The van der Waals surface area contributed by atoms with Crippen molar-refractivity contribution in [3.05, 3.63) is 47.4 Å². The fraction of sp³-hybridized carbons (Fsp3) is 0.524. The first kappa shape index (κ1) is 18.4. The van der Waals surface area contributed by atoms with Crippen LogP contribution in [0.2, 0.25) is 0 Å². The molecule has 0 aliphatic carbocycles. The van der Waals surface area contributed by atoms with Gasteiger partial charge in [-0.3, -0.25) is 4.79 Å². The number of pyridine rings is 1. The van der Waals surface area contributed by atoms with Crippen LogP contribution >= 0.6 is 11.8 Å². The highest BCUT2D eigenvalue weighted by atomic mass is 32.2. The van der Waals surface area contributed by atoms with Crippen molar-refractivity contribution in [2.75, 3.05) is 13.1 Å². The Morgan fingerprint density at radius 1 is 1.30 bits per heavy atom. The van der Waals surface area contributed by atoms with Crippen molar-refractivity contribution in [3.63, 3.8) is 0 Å². The number of amides is 1. The molecule has 4 rings (SSSR count). The Bertz CT molecular complexity index is 851. The van der Waals surface area contributed by atoms with E-state index < -0.39 is 0 Å². The summed E-state index contributed by atoms with van der Waals surface area (Å²) in [5, 5.41) is 0.470. The number of thioether (sulfide) groups is 1. The van der Waals surface area contributed by atoms with E-state index in [1.165, 1.54) is 10.5 Å². The van der Waals surface area contributed by atoms with E-state index in [1.54, 1.807) is 0 Å². The highest BCUT2D eigenvalue weighted by Gasteiger charge is 2.34. The molecule has 0 aromatic carbocycles. The van der Waals surface area contributed by atoms with Gasteiger partial charge in [0.2, 0.25) is 5.91 Å². The smallest absolute Gasteiger partial charge is 0.225 e. The van der Waals surface area contributed by atoms with Crippen molar-refractivity contribution in [1.82, 2.24) is 19.2 Å². The normalized spacial score (nSPS) is 21.3. The van der Waals surface area contributed by atoms with Crippen LogP contribution in [0.1, 0.15) is 39.2 Å². The van der Waals surface area contributed by atoms with E-state index in [9.17, 15) is 4.79 Å². The number of imidazole rings is 1. The fourth-order valence-corrected chi connectivity index (χ4v) is 5.44. The molecule has 0 spiro atoms. The lowest BCUT2D eigenvalue weighted by atomic mass is 9.95. The molecule has 2 aliphatic rings. The van der Waals surface area contributed by atoms with Gasteiger partial charge in [-0.25, -0.2) is 4.98 Å². The number of allylic oxidation sites excluding steroid dienone is 1. The van der Waals surface area contributed by atoms with Gasteiger partial charge in [-0.2, -0.15) is 0 Å². The molecule has 4 heterocycles. The molecule has 5 nitrogen and oxygen atoms in total. The zero-order chi connectivity index (χ0) is 19.0. The van der Waals surface area contributed by atoms with Gasteiger partial charge >= 0.3 is 0 Å². The highest BCUT2D eigenvalue weighted by molar-refractivity contribution is 8.03. The Hall–Kier alpha value is -1.95. The molecule has 1 saturated heterocycles. The molecule has 1 unspecified atom stereocenters. The number of piperidine rings is 1. The van der Waals surface area contributed by atoms with Crippen LogP contribution in [-0.4, -0.2) is 43.6 Å². The van der Waals surface area contributed by atoms with Gasteiger partial charge in [-0.05, 0) is 48.3 Å². The first-order valence-corrected chi connectivity index (χ1v) is 10.7. The third-order valence-corrected chi connectivity index (χ3v) is 6.93. The lowest BCUT2D eigenvalue weighted by Crippen LogP contribution is -2.44. The molecule has 0 bridgehead atoms. The van der Waals surface area contributed by atoms with Crippen molar-refractivity contribution in [3.8, 4) is 0 Å². The quantitative estimate of drug-likeness (QED) is 0.800. The molecule has 2 aliphatic heterocycles. The molecule has 2 aromatic heterocycles. The second kappa shape index (κ2) is 7.58. The van der Waals surface area contributed by atoms with E-state index in [2.05, 4.69) is 46.2 Å². The predicted molar refractivity (Wildman–Crippen MR) is 110 cm³/mol. The SMILES string of the molecule is CC1=CN(Cc2ccn3ccnc3c2)C(C2CCN(C(=O)C(C)C)CC2)S1. The van der Waals surface area contributed by atoms with Gasteiger partial charge in [0.25, 0.3) is 0 Å². The number of carbonyl (C=O) groups is 1. The molecular formula is C21H28N4OS. The van der Waals surface area contributed by atoms with Gasteiger partial charge in [0.1, 0.15) is 5.65 Å². The van der Waals surface area contributed by atoms with Crippen LogP contribution in [0.4, 0.5) is 0 Å². The van der Waals surface area contributed by atoms with E-state index in [4.69, 9.17) is 0 Å². The summed E-state index contributed by atoms with van der Waals surface area (Å²) in [7, 11) is 0. The second-order valence-electron chi connectivity index (χ2n) is 7.97. The van der Waals surface area contributed by atoms with Crippen LogP contribution < -0.4 is 0 Å². The molecule has 144 valence electrons. The van der Waals surface area contributed by atoms with Gasteiger partial charge in [0.15, 0.2) is 0 Å². The summed E-state index contributed by atoms with van der Waals surface area (Å²) in [4.78, 5) is 22.6. The summed E-state index contributed by atoms with van der Waals surface area (Å²) in [5.74, 6) is 1.02. The average molecular weight is 385 g/mol. The Labute approximate surface area is 165 Å². The van der Waals surface area contributed by atoms with Crippen molar-refractivity contribution in [1.29, 1.82) is 0 Å². The number of nitrogens with zero attached hydrogens (tertiary/aromatic N) is 4. The third-order valence-electron chi connectivity index (χ3n) is 5.56. The lowest BCUT2D eigenvalue weighted by molar-refractivity contribution is -0.135. The van der Waals surface area contributed by atoms with Crippen LogP contribution in [0.25, 0.3) is 5.65 Å². The van der Waals surface area contributed by atoms with Gasteiger partial charge < -0.3 is 14.2 Å². The van der Waals surface area contributed by atoms with E-state index in [1.807, 2.05) is 42.4 Å². The van der Waals surface area contributed by atoms with Crippen LogP contribution in [0.3, 0.4) is 0 Å². The second-order valence-corrected chi connectivity index (χ2v) is 9.33. The highest BCUT2D eigenvalue weighted by Crippen LogP contribution is 2.41. The zero-order valence-corrected chi connectivity index (χ0v) is 17.2. The number of hydrogen-bond acceptors (Lipinski definition) is 4. The predicted octanol–water partition coefficient (Wildman–Crippen LogP) is 3.97. The number of carbonyl (C=O) groups excluding carboxylic acids is 1. The van der Waals surface area contributed by atoms with Gasteiger partial charge in [0.05, 0.1) is 5.37 Å². The molecule has 0 saturated carbocycles. The molecule has 2 aromatic rings.